The summed E-state index contributed by atoms with van der Waals surface area (Å²) in [7, 11) is 0. The summed E-state index contributed by atoms with van der Waals surface area (Å²) in [6.07, 6.45) is -2.02. The Hall–Kier alpha value is -1.39. The summed E-state index contributed by atoms with van der Waals surface area (Å²) >= 11 is 6.87. The second-order valence-corrected chi connectivity index (χ2v) is 7.79. The molecular weight excluding hydrogens is 394 g/mol. The molecule has 1 fully saturated rings. The van der Waals surface area contributed by atoms with Crippen LogP contribution < -0.4 is 0 Å². The van der Waals surface area contributed by atoms with E-state index in [0.29, 0.717) is 10.7 Å². The third kappa shape index (κ3) is 8.02. The minimum atomic E-state index is -0.841. The fourth-order valence-corrected chi connectivity index (χ4v) is 4.54. The van der Waals surface area contributed by atoms with Crippen LogP contribution in [0, 0.1) is 0 Å². The molecule has 10 heteroatoms. The van der Waals surface area contributed by atoms with Crippen LogP contribution in [0.25, 0.3) is 0 Å². The van der Waals surface area contributed by atoms with Gasteiger partial charge in [-0.15, -0.1) is 0 Å². The summed E-state index contributed by atoms with van der Waals surface area (Å²) < 4.78 is 22.1. The highest BCUT2D eigenvalue weighted by Gasteiger charge is 2.44. The molecule has 4 atom stereocenters. The maximum Gasteiger partial charge on any atom is 0.304 e. The molecule has 1 heterocycles. The first kappa shape index (κ1) is 23.6. The van der Waals surface area contributed by atoms with Crippen molar-refractivity contribution >= 4 is 46.2 Å². The molecule has 27 heavy (non-hydrogen) atoms. The maximum atomic E-state index is 11.6. The number of carbonyl (C=O) groups is 3. The summed E-state index contributed by atoms with van der Waals surface area (Å²) in [5.74, 6) is -1.47. The van der Waals surface area contributed by atoms with Crippen LogP contribution in [-0.2, 0) is 33.3 Å². The molecule has 0 aromatic rings. The molecule has 1 saturated heterocycles. The Balaban J connectivity index is 3.04. The smallest absolute Gasteiger partial charge is 0.304 e. The Bertz CT molecular complexity index is 553. The lowest BCUT2D eigenvalue weighted by Gasteiger charge is -2.40. The summed E-state index contributed by atoms with van der Waals surface area (Å²) in [5.41, 5.74) is 0. The summed E-state index contributed by atoms with van der Waals surface area (Å²) in [5, 5.41) is -0.319. The Labute approximate surface area is 169 Å². The summed E-state index contributed by atoms with van der Waals surface area (Å²) in [6.45, 7) is 9.21. The zero-order chi connectivity index (χ0) is 20.6. The van der Waals surface area contributed by atoms with Crippen molar-refractivity contribution in [3.63, 3.8) is 0 Å². The van der Waals surface area contributed by atoms with Gasteiger partial charge in [-0.05, 0) is 13.8 Å². The number of rotatable bonds is 7. The second-order valence-electron chi connectivity index (χ2n) is 5.92. The highest BCUT2D eigenvalue weighted by atomic mass is 32.2. The van der Waals surface area contributed by atoms with Crippen LogP contribution in [0.5, 0.6) is 0 Å². The van der Waals surface area contributed by atoms with Crippen LogP contribution in [0.3, 0.4) is 0 Å². The fourth-order valence-electron chi connectivity index (χ4n) is 2.63. The lowest BCUT2D eigenvalue weighted by atomic mass is 10.0. The van der Waals surface area contributed by atoms with Gasteiger partial charge in [0.05, 0.1) is 5.25 Å². The van der Waals surface area contributed by atoms with Crippen molar-refractivity contribution in [2.24, 2.45) is 0 Å². The molecule has 1 aliphatic heterocycles. The number of nitrogens with zero attached hydrogens (tertiary/aromatic N) is 1. The molecule has 0 amide bonds. The van der Waals surface area contributed by atoms with E-state index in [0.717, 1.165) is 13.1 Å². The maximum absolute atomic E-state index is 11.6. The van der Waals surface area contributed by atoms with E-state index < -0.39 is 36.4 Å². The lowest BCUT2D eigenvalue weighted by Crippen LogP contribution is -2.52. The van der Waals surface area contributed by atoms with E-state index in [4.69, 9.17) is 31.2 Å². The van der Waals surface area contributed by atoms with Gasteiger partial charge in [-0.1, -0.05) is 24.0 Å². The van der Waals surface area contributed by atoms with Crippen molar-refractivity contribution in [1.82, 2.24) is 4.90 Å². The van der Waals surface area contributed by atoms with Gasteiger partial charge in [-0.3, -0.25) is 14.4 Å². The van der Waals surface area contributed by atoms with Gasteiger partial charge in [0.2, 0.25) is 6.29 Å². The average molecular weight is 422 g/mol. The van der Waals surface area contributed by atoms with Crippen molar-refractivity contribution in [3.05, 3.63) is 0 Å². The van der Waals surface area contributed by atoms with Gasteiger partial charge in [0.15, 0.2) is 0 Å². The van der Waals surface area contributed by atoms with Gasteiger partial charge < -0.3 is 23.8 Å². The largest absolute Gasteiger partial charge is 0.463 e. The van der Waals surface area contributed by atoms with Gasteiger partial charge in [-0.25, -0.2) is 0 Å². The van der Waals surface area contributed by atoms with Crippen molar-refractivity contribution in [2.75, 3.05) is 19.7 Å². The van der Waals surface area contributed by atoms with E-state index in [-0.39, 0.29) is 11.9 Å². The SMILES string of the molecule is CCN(CC)C(=S)S[C@H]1C[C@@H](OC(C)=O)O[C@H](COC(C)=O)[C@H]1OC(C)=O. The summed E-state index contributed by atoms with van der Waals surface area (Å²) in [4.78, 5) is 36.2. The molecule has 0 radical (unpaired) electrons. The third-order valence-corrected chi connectivity index (χ3v) is 5.58. The van der Waals surface area contributed by atoms with Crippen molar-refractivity contribution in [3.8, 4) is 0 Å². The molecule has 0 saturated carbocycles. The quantitative estimate of drug-likeness (QED) is 0.345. The molecule has 0 bridgehead atoms. The molecule has 0 spiro atoms. The Morgan fingerprint density at radius 2 is 1.67 bits per heavy atom. The number of ether oxygens (including phenoxy) is 4. The molecule has 0 aliphatic carbocycles. The summed E-state index contributed by atoms with van der Waals surface area (Å²) in [6, 6.07) is 0. The molecule has 1 aliphatic rings. The third-order valence-electron chi connectivity index (χ3n) is 3.81. The van der Waals surface area contributed by atoms with E-state index in [1.165, 1.54) is 32.5 Å². The second kappa shape index (κ2) is 11.5. The van der Waals surface area contributed by atoms with E-state index >= 15 is 0 Å². The number of thioether (sulfide) groups is 1. The molecule has 8 nitrogen and oxygen atoms in total. The highest BCUT2D eigenvalue weighted by Crippen LogP contribution is 2.34. The zero-order valence-electron chi connectivity index (χ0n) is 16.3. The molecule has 154 valence electrons. The van der Waals surface area contributed by atoms with Crippen molar-refractivity contribution in [1.29, 1.82) is 0 Å². The van der Waals surface area contributed by atoms with Crippen LogP contribution in [0.15, 0.2) is 0 Å². The minimum Gasteiger partial charge on any atom is -0.463 e. The zero-order valence-corrected chi connectivity index (χ0v) is 17.9. The Kier molecular flexibility index (Phi) is 10.0. The van der Waals surface area contributed by atoms with E-state index in [1.807, 2.05) is 18.7 Å². The van der Waals surface area contributed by atoms with Gasteiger partial charge in [0.25, 0.3) is 0 Å². The molecule has 1 rings (SSSR count). The van der Waals surface area contributed by atoms with Gasteiger partial charge in [-0.2, -0.15) is 0 Å². The number of hydrogen-bond acceptors (Lipinski definition) is 9. The monoisotopic (exact) mass is 421 g/mol. The lowest BCUT2D eigenvalue weighted by molar-refractivity contribution is -0.232. The number of carbonyl (C=O) groups excluding carboxylic acids is 3. The molecule has 0 N–H and O–H groups in total. The number of hydrogen-bond donors (Lipinski definition) is 0. The van der Waals surface area contributed by atoms with Crippen LogP contribution >= 0.6 is 24.0 Å². The van der Waals surface area contributed by atoms with Crippen LogP contribution in [0.2, 0.25) is 0 Å². The number of thiocarbonyl (C=S) groups is 1. The predicted octanol–water partition coefficient (Wildman–Crippen LogP) is 1.89. The molecule has 0 aromatic carbocycles. The van der Waals surface area contributed by atoms with E-state index in [2.05, 4.69) is 0 Å². The van der Waals surface area contributed by atoms with Crippen LogP contribution in [-0.4, -0.2) is 70.6 Å². The first-order valence-electron chi connectivity index (χ1n) is 8.76. The average Bonchev–Trinajstić information content (AvgIpc) is 2.55. The molecule has 0 unspecified atom stereocenters. The van der Waals surface area contributed by atoms with Crippen LogP contribution in [0.1, 0.15) is 41.0 Å². The fraction of sp³-hybridized carbons (Fsp3) is 0.765. The number of esters is 3. The minimum absolute atomic E-state index is 0.125. The van der Waals surface area contributed by atoms with Gasteiger partial charge >= 0.3 is 17.9 Å². The normalized spacial score (nSPS) is 24.6. The van der Waals surface area contributed by atoms with Gasteiger partial charge in [0.1, 0.15) is 23.1 Å². The highest BCUT2D eigenvalue weighted by molar-refractivity contribution is 8.23. The van der Waals surface area contributed by atoms with Gasteiger partial charge in [0, 0.05) is 40.3 Å². The predicted molar refractivity (Wildman–Crippen MR) is 104 cm³/mol. The molecular formula is C17H27NO7S2. The first-order chi connectivity index (χ1) is 12.7. The first-order valence-corrected chi connectivity index (χ1v) is 10.0. The van der Waals surface area contributed by atoms with Crippen LogP contribution in [0.4, 0.5) is 0 Å². The van der Waals surface area contributed by atoms with Crippen molar-refractivity contribution < 1.29 is 33.3 Å². The van der Waals surface area contributed by atoms with Crippen molar-refractivity contribution in [2.45, 2.75) is 64.8 Å². The Morgan fingerprint density at radius 1 is 1.07 bits per heavy atom. The van der Waals surface area contributed by atoms with E-state index in [9.17, 15) is 14.4 Å². The Morgan fingerprint density at radius 3 is 2.15 bits per heavy atom. The molecule has 0 aromatic heterocycles. The topological polar surface area (TPSA) is 91.4 Å². The standard InChI is InChI=1S/C17H27NO7S2/c1-6-18(7-2)17(26)27-14-8-15(23-11(4)20)25-13(9-22-10(3)19)16(14)24-12(5)21/h13-16H,6-9H2,1-5H3/t13-,14+,15+,16-/m1/s1. The van der Waals surface area contributed by atoms with E-state index in [1.54, 1.807) is 0 Å².